The standard InChI is InChI=1S/C16H26N2O/c1-16(2,3)13-6-9-15(18-11-13)17-10-12-4-7-14(19)8-5-12/h6,9,11-12,14,19H,4-5,7-8,10H2,1-3H3,(H,17,18). The fourth-order valence-corrected chi connectivity index (χ4v) is 2.54. The SMILES string of the molecule is CC(C)(C)c1ccc(NCC2CCC(O)CC2)nc1. The van der Waals surface area contributed by atoms with Gasteiger partial charge in [0.1, 0.15) is 5.82 Å². The fourth-order valence-electron chi connectivity index (χ4n) is 2.54. The van der Waals surface area contributed by atoms with Gasteiger partial charge in [0.15, 0.2) is 0 Å². The van der Waals surface area contributed by atoms with E-state index < -0.39 is 0 Å². The van der Waals surface area contributed by atoms with Crippen LogP contribution < -0.4 is 5.32 Å². The predicted octanol–water partition coefficient (Wildman–Crippen LogP) is 3.34. The van der Waals surface area contributed by atoms with Gasteiger partial charge in [-0.2, -0.15) is 0 Å². The van der Waals surface area contributed by atoms with E-state index in [9.17, 15) is 5.11 Å². The van der Waals surface area contributed by atoms with Gasteiger partial charge in [0.25, 0.3) is 0 Å². The quantitative estimate of drug-likeness (QED) is 0.878. The highest BCUT2D eigenvalue weighted by Crippen LogP contribution is 2.25. The number of hydrogen-bond donors (Lipinski definition) is 2. The second-order valence-electron chi connectivity index (χ2n) is 6.74. The van der Waals surface area contributed by atoms with Gasteiger partial charge in [-0.25, -0.2) is 4.98 Å². The molecule has 0 amide bonds. The van der Waals surface area contributed by atoms with E-state index in [-0.39, 0.29) is 11.5 Å². The van der Waals surface area contributed by atoms with Gasteiger partial charge < -0.3 is 10.4 Å². The van der Waals surface area contributed by atoms with Crippen LogP contribution >= 0.6 is 0 Å². The first-order chi connectivity index (χ1) is 8.95. The molecule has 19 heavy (non-hydrogen) atoms. The highest BCUT2D eigenvalue weighted by Gasteiger charge is 2.19. The molecule has 1 fully saturated rings. The minimum Gasteiger partial charge on any atom is -0.393 e. The van der Waals surface area contributed by atoms with Crippen LogP contribution in [0.2, 0.25) is 0 Å². The summed E-state index contributed by atoms with van der Waals surface area (Å²) in [6.45, 7) is 7.56. The van der Waals surface area contributed by atoms with Crippen LogP contribution in [0, 0.1) is 5.92 Å². The summed E-state index contributed by atoms with van der Waals surface area (Å²) >= 11 is 0. The number of aliphatic hydroxyl groups is 1. The van der Waals surface area contributed by atoms with E-state index in [2.05, 4.69) is 43.2 Å². The summed E-state index contributed by atoms with van der Waals surface area (Å²) in [4.78, 5) is 4.48. The van der Waals surface area contributed by atoms with Crippen LogP contribution in [0.1, 0.15) is 52.0 Å². The Morgan fingerprint density at radius 1 is 1.21 bits per heavy atom. The number of nitrogens with one attached hydrogen (secondary N) is 1. The molecule has 0 aromatic carbocycles. The molecule has 0 saturated heterocycles. The largest absolute Gasteiger partial charge is 0.393 e. The van der Waals surface area contributed by atoms with Crippen LogP contribution in [-0.2, 0) is 5.41 Å². The average Bonchev–Trinajstić information content (AvgIpc) is 2.37. The fraction of sp³-hybridized carbons (Fsp3) is 0.688. The first kappa shape index (κ1) is 14.3. The van der Waals surface area contributed by atoms with Crippen LogP contribution in [0.4, 0.5) is 5.82 Å². The normalized spacial score (nSPS) is 24.2. The van der Waals surface area contributed by atoms with E-state index in [1.165, 1.54) is 5.56 Å². The van der Waals surface area contributed by atoms with Crippen molar-refractivity contribution in [2.75, 3.05) is 11.9 Å². The summed E-state index contributed by atoms with van der Waals surface area (Å²) in [6, 6.07) is 4.22. The Kier molecular flexibility index (Phi) is 4.46. The minimum atomic E-state index is -0.0690. The van der Waals surface area contributed by atoms with Gasteiger partial charge in [0, 0.05) is 12.7 Å². The molecule has 3 nitrogen and oxygen atoms in total. The van der Waals surface area contributed by atoms with Gasteiger partial charge in [0.2, 0.25) is 0 Å². The molecular weight excluding hydrogens is 236 g/mol. The molecule has 3 heteroatoms. The second-order valence-corrected chi connectivity index (χ2v) is 6.74. The molecule has 0 bridgehead atoms. The third-order valence-electron chi connectivity index (χ3n) is 4.02. The smallest absolute Gasteiger partial charge is 0.125 e. The Morgan fingerprint density at radius 2 is 1.89 bits per heavy atom. The maximum Gasteiger partial charge on any atom is 0.125 e. The molecule has 2 rings (SSSR count). The summed E-state index contributed by atoms with van der Waals surface area (Å²) in [7, 11) is 0. The number of hydrogen-bond acceptors (Lipinski definition) is 3. The molecule has 1 saturated carbocycles. The molecule has 0 aliphatic heterocycles. The van der Waals surface area contributed by atoms with E-state index in [4.69, 9.17) is 0 Å². The zero-order valence-electron chi connectivity index (χ0n) is 12.3. The predicted molar refractivity (Wildman–Crippen MR) is 79.4 cm³/mol. The third-order valence-corrected chi connectivity index (χ3v) is 4.02. The second kappa shape index (κ2) is 5.91. The van der Waals surface area contributed by atoms with E-state index in [0.717, 1.165) is 38.0 Å². The highest BCUT2D eigenvalue weighted by atomic mass is 16.3. The Labute approximate surface area is 116 Å². The molecule has 0 spiro atoms. The number of nitrogens with zero attached hydrogens (tertiary/aromatic N) is 1. The van der Waals surface area contributed by atoms with Crippen LogP contribution in [0.5, 0.6) is 0 Å². The number of aromatic nitrogens is 1. The molecule has 0 unspecified atom stereocenters. The topological polar surface area (TPSA) is 45.1 Å². The van der Waals surface area contributed by atoms with Crippen molar-refractivity contribution in [3.8, 4) is 0 Å². The van der Waals surface area contributed by atoms with Crippen molar-refractivity contribution in [3.05, 3.63) is 23.9 Å². The summed E-state index contributed by atoms with van der Waals surface area (Å²) in [5.41, 5.74) is 1.42. The van der Waals surface area contributed by atoms with Gasteiger partial charge in [-0.1, -0.05) is 26.8 Å². The molecule has 1 aromatic heterocycles. The highest BCUT2D eigenvalue weighted by molar-refractivity contribution is 5.37. The van der Waals surface area contributed by atoms with Gasteiger partial charge in [-0.3, -0.25) is 0 Å². The maximum atomic E-state index is 9.49. The molecule has 2 N–H and O–H groups in total. The van der Waals surface area contributed by atoms with E-state index in [1.807, 2.05) is 6.20 Å². The maximum absolute atomic E-state index is 9.49. The van der Waals surface area contributed by atoms with Crippen molar-refractivity contribution < 1.29 is 5.11 Å². The van der Waals surface area contributed by atoms with E-state index in [0.29, 0.717) is 5.92 Å². The lowest BCUT2D eigenvalue weighted by atomic mass is 9.87. The van der Waals surface area contributed by atoms with Crippen LogP contribution in [0.3, 0.4) is 0 Å². The molecule has 0 atom stereocenters. The first-order valence-corrected chi connectivity index (χ1v) is 7.33. The molecule has 0 radical (unpaired) electrons. The zero-order chi connectivity index (χ0) is 13.9. The van der Waals surface area contributed by atoms with Crippen LogP contribution in [-0.4, -0.2) is 22.7 Å². The van der Waals surface area contributed by atoms with Crippen molar-refractivity contribution in [1.29, 1.82) is 0 Å². The van der Waals surface area contributed by atoms with Gasteiger partial charge >= 0.3 is 0 Å². The molecular formula is C16H26N2O. The Bertz CT molecular complexity index is 386. The van der Waals surface area contributed by atoms with Crippen LogP contribution in [0.15, 0.2) is 18.3 Å². The number of pyridine rings is 1. The summed E-state index contributed by atoms with van der Waals surface area (Å²) in [5.74, 6) is 1.63. The Morgan fingerprint density at radius 3 is 2.42 bits per heavy atom. The minimum absolute atomic E-state index is 0.0690. The molecule has 1 aliphatic carbocycles. The summed E-state index contributed by atoms with van der Waals surface area (Å²) in [6.07, 6.45) is 6.03. The lowest BCUT2D eigenvalue weighted by molar-refractivity contribution is 0.111. The lowest BCUT2D eigenvalue weighted by Crippen LogP contribution is -2.23. The third kappa shape index (κ3) is 4.20. The van der Waals surface area contributed by atoms with E-state index in [1.54, 1.807) is 0 Å². The summed E-state index contributed by atoms with van der Waals surface area (Å²) in [5, 5.41) is 12.9. The number of anilines is 1. The van der Waals surface area contributed by atoms with Crippen molar-refractivity contribution in [3.63, 3.8) is 0 Å². The summed E-state index contributed by atoms with van der Waals surface area (Å²) < 4.78 is 0. The molecule has 1 heterocycles. The van der Waals surface area contributed by atoms with Gasteiger partial charge in [-0.05, 0) is 48.6 Å². The van der Waals surface area contributed by atoms with Gasteiger partial charge in [-0.15, -0.1) is 0 Å². The van der Waals surface area contributed by atoms with Crippen molar-refractivity contribution in [2.24, 2.45) is 5.92 Å². The molecule has 1 aliphatic rings. The lowest BCUT2D eigenvalue weighted by Gasteiger charge is -2.25. The van der Waals surface area contributed by atoms with Crippen LogP contribution in [0.25, 0.3) is 0 Å². The molecule has 1 aromatic rings. The van der Waals surface area contributed by atoms with E-state index >= 15 is 0 Å². The number of aliphatic hydroxyl groups excluding tert-OH is 1. The monoisotopic (exact) mass is 262 g/mol. The zero-order valence-corrected chi connectivity index (χ0v) is 12.3. The first-order valence-electron chi connectivity index (χ1n) is 7.33. The van der Waals surface area contributed by atoms with Crippen molar-refractivity contribution >= 4 is 5.82 Å². The number of rotatable bonds is 3. The Hall–Kier alpha value is -1.09. The Balaban J connectivity index is 1.83. The van der Waals surface area contributed by atoms with Crippen molar-refractivity contribution in [1.82, 2.24) is 4.98 Å². The molecule has 106 valence electrons. The average molecular weight is 262 g/mol. The van der Waals surface area contributed by atoms with Crippen molar-refractivity contribution in [2.45, 2.75) is 58.0 Å². The van der Waals surface area contributed by atoms with Gasteiger partial charge in [0.05, 0.1) is 6.10 Å².